The maximum absolute atomic E-state index is 9.90. The number of carbonyl (C=O) groups is 1. The second-order valence-corrected chi connectivity index (χ2v) is 1.37. The van der Waals surface area contributed by atoms with Crippen LogP contribution in [0.1, 0.15) is 6.92 Å². The van der Waals surface area contributed by atoms with E-state index in [1.807, 2.05) is 0 Å². The molecule has 8 heavy (non-hydrogen) atoms. The Kier molecular flexibility index (Phi) is 3.14. The standard InChI is InChI=1S/C4H10N2O2/c1-2-6-3(5)4(7)8/h3,6H,2,5H2,1H3,(H,7,8). The van der Waals surface area contributed by atoms with Crippen molar-refractivity contribution in [2.75, 3.05) is 6.54 Å². The summed E-state index contributed by atoms with van der Waals surface area (Å²) >= 11 is 0. The van der Waals surface area contributed by atoms with Crippen molar-refractivity contribution in [3.05, 3.63) is 0 Å². The van der Waals surface area contributed by atoms with E-state index in [9.17, 15) is 4.79 Å². The summed E-state index contributed by atoms with van der Waals surface area (Å²) in [5, 5.41) is 10.6. The van der Waals surface area contributed by atoms with E-state index in [0.717, 1.165) is 0 Å². The highest BCUT2D eigenvalue weighted by atomic mass is 16.4. The fourth-order valence-electron chi connectivity index (χ4n) is 0.307. The number of nitrogens with one attached hydrogen (secondary N) is 1. The van der Waals surface area contributed by atoms with Gasteiger partial charge in [0.2, 0.25) is 0 Å². The van der Waals surface area contributed by atoms with Gasteiger partial charge in [0.1, 0.15) is 0 Å². The van der Waals surface area contributed by atoms with Gasteiger partial charge in [-0.3, -0.25) is 5.32 Å². The van der Waals surface area contributed by atoms with Gasteiger partial charge in [0, 0.05) is 0 Å². The third-order valence-electron chi connectivity index (χ3n) is 0.690. The van der Waals surface area contributed by atoms with Crippen LogP contribution in [-0.4, -0.2) is 23.8 Å². The Labute approximate surface area is 47.7 Å². The summed E-state index contributed by atoms with van der Waals surface area (Å²) in [6.07, 6.45) is -0.917. The molecule has 0 saturated carbocycles. The topological polar surface area (TPSA) is 75.3 Å². The lowest BCUT2D eigenvalue weighted by molar-refractivity contribution is -0.139. The van der Waals surface area contributed by atoms with Crippen LogP contribution in [0.5, 0.6) is 0 Å². The van der Waals surface area contributed by atoms with Crippen LogP contribution in [0.2, 0.25) is 0 Å². The second-order valence-electron chi connectivity index (χ2n) is 1.37. The molecule has 0 heterocycles. The van der Waals surface area contributed by atoms with Crippen molar-refractivity contribution < 1.29 is 9.90 Å². The monoisotopic (exact) mass is 118 g/mol. The Morgan fingerprint density at radius 2 is 2.50 bits per heavy atom. The lowest BCUT2D eigenvalue weighted by atomic mass is 10.5. The van der Waals surface area contributed by atoms with Crippen LogP contribution in [0.15, 0.2) is 0 Å². The predicted octanol–water partition coefficient (Wildman–Crippen LogP) is -1.03. The Morgan fingerprint density at radius 3 is 2.62 bits per heavy atom. The first-order valence-corrected chi connectivity index (χ1v) is 2.40. The van der Waals surface area contributed by atoms with Crippen LogP contribution in [0.3, 0.4) is 0 Å². The van der Waals surface area contributed by atoms with Crippen molar-refractivity contribution in [2.24, 2.45) is 5.73 Å². The molecule has 4 nitrogen and oxygen atoms in total. The molecule has 0 bridgehead atoms. The summed E-state index contributed by atoms with van der Waals surface area (Å²) in [6.45, 7) is 2.37. The quantitative estimate of drug-likeness (QED) is 0.414. The highest BCUT2D eigenvalue weighted by Gasteiger charge is 2.06. The molecule has 0 aromatic carbocycles. The molecule has 0 amide bonds. The minimum absolute atomic E-state index is 0.577. The van der Waals surface area contributed by atoms with Gasteiger partial charge in [0.05, 0.1) is 0 Å². The molecule has 0 radical (unpaired) electrons. The molecule has 0 aromatic heterocycles. The summed E-state index contributed by atoms with van der Waals surface area (Å²) in [5.74, 6) is -1.02. The SMILES string of the molecule is CCNC(N)C(=O)O. The molecule has 4 N–H and O–H groups in total. The zero-order valence-electron chi connectivity index (χ0n) is 4.72. The van der Waals surface area contributed by atoms with E-state index >= 15 is 0 Å². The van der Waals surface area contributed by atoms with E-state index < -0.39 is 12.1 Å². The van der Waals surface area contributed by atoms with E-state index in [1.165, 1.54) is 0 Å². The molecule has 0 saturated heterocycles. The molecule has 0 aliphatic heterocycles. The maximum Gasteiger partial charge on any atom is 0.335 e. The van der Waals surface area contributed by atoms with E-state index in [1.54, 1.807) is 6.92 Å². The van der Waals surface area contributed by atoms with Gasteiger partial charge in [-0.25, -0.2) is 4.79 Å². The summed E-state index contributed by atoms with van der Waals surface area (Å²) < 4.78 is 0. The number of rotatable bonds is 3. The number of hydrogen-bond donors (Lipinski definition) is 3. The van der Waals surface area contributed by atoms with Gasteiger partial charge in [0.15, 0.2) is 6.17 Å². The number of hydrogen-bond acceptors (Lipinski definition) is 3. The molecule has 4 heteroatoms. The van der Waals surface area contributed by atoms with Gasteiger partial charge < -0.3 is 10.8 Å². The van der Waals surface area contributed by atoms with E-state index in [0.29, 0.717) is 6.54 Å². The Morgan fingerprint density at radius 1 is 2.00 bits per heavy atom. The highest BCUT2D eigenvalue weighted by Crippen LogP contribution is 1.67. The molecule has 1 unspecified atom stereocenters. The zero-order valence-corrected chi connectivity index (χ0v) is 4.72. The highest BCUT2D eigenvalue weighted by molar-refractivity contribution is 5.72. The first kappa shape index (κ1) is 7.39. The lowest BCUT2D eigenvalue weighted by Crippen LogP contribution is -2.43. The van der Waals surface area contributed by atoms with Crippen LogP contribution in [0.25, 0.3) is 0 Å². The molecule has 0 fully saturated rings. The molecule has 0 rings (SSSR count). The Balaban J connectivity index is 3.32. The van der Waals surface area contributed by atoms with Crippen LogP contribution >= 0.6 is 0 Å². The minimum atomic E-state index is -1.02. The van der Waals surface area contributed by atoms with Crippen molar-refractivity contribution in [3.8, 4) is 0 Å². The molecular weight excluding hydrogens is 108 g/mol. The second kappa shape index (κ2) is 3.40. The first-order valence-electron chi connectivity index (χ1n) is 2.40. The van der Waals surface area contributed by atoms with Gasteiger partial charge in [0.25, 0.3) is 0 Å². The average molecular weight is 118 g/mol. The summed E-state index contributed by atoms with van der Waals surface area (Å²) in [4.78, 5) is 9.90. The molecule has 0 aliphatic rings. The Bertz CT molecular complexity index is 84.1. The third kappa shape index (κ3) is 2.54. The normalized spacial score (nSPS) is 13.2. The molecule has 1 atom stereocenters. The van der Waals surface area contributed by atoms with Crippen molar-refractivity contribution >= 4 is 5.97 Å². The fraction of sp³-hybridized carbons (Fsp3) is 0.750. The van der Waals surface area contributed by atoms with Crippen molar-refractivity contribution in [3.63, 3.8) is 0 Å². The van der Waals surface area contributed by atoms with Crippen LogP contribution in [0.4, 0.5) is 0 Å². The van der Waals surface area contributed by atoms with Crippen LogP contribution in [-0.2, 0) is 4.79 Å². The van der Waals surface area contributed by atoms with Crippen molar-refractivity contribution in [2.45, 2.75) is 13.1 Å². The average Bonchev–Trinajstić information content (AvgIpc) is 1.67. The van der Waals surface area contributed by atoms with Gasteiger partial charge in [-0.1, -0.05) is 6.92 Å². The largest absolute Gasteiger partial charge is 0.479 e. The molecular formula is C4H10N2O2. The summed E-state index contributed by atoms with van der Waals surface area (Å²) in [6, 6.07) is 0. The number of nitrogens with two attached hydrogens (primary N) is 1. The van der Waals surface area contributed by atoms with Crippen LogP contribution in [0, 0.1) is 0 Å². The van der Waals surface area contributed by atoms with Crippen molar-refractivity contribution in [1.29, 1.82) is 0 Å². The van der Waals surface area contributed by atoms with Crippen molar-refractivity contribution in [1.82, 2.24) is 5.32 Å². The van der Waals surface area contributed by atoms with Gasteiger partial charge >= 0.3 is 5.97 Å². The minimum Gasteiger partial charge on any atom is -0.479 e. The van der Waals surface area contributed by atoms with E-state index in [4.69, 9.17) is 10.8 Å². The third-order valence-corrected chi connectivity index (χ3v) is 0.690. The number of likely N-dealkylation sites (N-methyl/N-ethyl adjacent to an activating group) is 1. The smallest absolute Gasteiger partial charge is 0.335 e. The van der Waals surface area contributed by atoms with Crippen LogP contribution < -0.4 is 11.1 Å². The molecule has 0 spiro atoms. The summed E-state index contributed by atoms with van der Waals surface area (Å²) in [5.41, 5.74) is 5.02. The van der Waals surface area contributed by atoms with Gasteiger partial charge in [-0.05, 0) is 6.54 Å². The number of carboxylic acid groups (broad SMARTS) is 1. The van der Waals surface area contributed by atoms with E-state index in [-0.39, 0.29) is 0 Å². The maximum atomic E-state index is 9.90. The lowest BCUT2D eigenvalue weighted by Gasteiger charge is -2.03. The summed E-state index contributed by atoms with van der Waals surface area (Å²) in [7, 11) is 0. The fourth-order valence-corrected chi connectivity index (χ4v) is 0.307. The first-order chi connectivity index (χ1) is 3.68. The molecule has 48 valence electrons. The van der Waals surface area contributed by atoms with Gasteiger partial charge in [-0.2, -0.15) is 0 Å². The zero-order chi connectivity index (χ0) is 6.57. The number of aliphatic carboxylic acids is 1. The molecule has 0 aliphatic carbocycles. The predicted molar refractivity (Wildman–Crippen MR) is 29.3 cm³/mol. The molecule has 0 aromatic rings. The van der Waals surface area contributed by atoms with E-state index in [2.05, 4.69) is 5.32 Å². The number of carboxylic acids is 1. The Hall–Kier alpha value is -0.610. The van der Waals surface area contributed by atoms with Gasteiger partial charge in [-0.15, -0.1) is 0 Å².